The quantitative estimate of drug-likeness (QED) is 0.693. The predicted molar refractivity (Wildman–Crippen MR) is 64.4 cm³/mol. The van der Waals surface area contributed by atoms with Crippen LogP contribution >= 0.6 is 0 Å². The van der Waals surface area contributed by atoms with Crippen molar-refractivity contribution in [1.29, 1.82) is 0 Å². The fraction of sp³-hybridized carbons (Fsp3) is 0.0833. The van der Waals surface area contributed by atoms with Crippen LogP contribution in [0.15, 0.2) is 39.4 Å². The van der Waals surface area contributed by atoms with Gasteiger partial charge in [0.25, 0.3) is 5.89 Å². The van der Waals surface area contributed by atoms with Gasteiger partial charge in [0.15, 0.2) is 0 Å². The zero-order valence-electron chi connectivity index (χ0n) is 9.62. The number of aromatic nitrogens is 3. The highest BCUT2D eigenvalue weighted by molar-refractivity contribution is 5.60. The van der Waals surface area contributed by atoms with Gasteiger partial charge in [-0.25, -0.2) is 0 Å². The second-order valence-corrected chi connectivity index (χ2v) is 3.88. The Labute approximate surface area is 102 Å². The lowest BCUT2D eigenvalue weighted by Crippen LogP contribution is -1.85. The van der Waals surface area contributed by atoms with Gasteiger partial charge in [-0.2, -0.15) is 4.98 Å². The minimum Gasteiger partial charge on any atom is -0.399 e. The molecule has 0 atom stereocenters. The molecule has 90 valence electrons. The van der Waals surface area contributed by atoms with Gasteiger partial charge < -0.3 is 14.8 Å². The Morgan fingerprint density at radius 1 is 1.06 bits per heavy atom. The third kappa shape index (κ3) is 1.84. The van der Waals surface area contributed by atoms with Gasteiger partial charge in [-0.15, -0.1) is 0 Å². The lowest BCUT2D eigenvalue weighted by molar-refractivity contribution is 0.383. The monoisotopic (exact) mass is 242 g/mol. The van der Waals surface area contributed by atoms with Crippen LogP contribution in [0.4, 0.5) is 5.69 Å². The fourth-order valence-electron chi connectivity index (χ4n) is 1.54. The fourth-order valence-corrected chi connectivity index (χ4v) is 1.54. The Morgan fingerprint density at radius 3 is 2.50 bits per heavy atom. The first-order chi connectivity index (χ1) is 8.72. The maximum Gasteiger partial charge on any atom is 0.296 e. The summed E-state index contributed by atoms with van der Waals surface area (Å²) in [7, 11) is 0. The Morgan fingerprint density at radius 2 is 1.83 bits per heavy atom. The van der Waals surface area contributed by atoms with Crippen molar-refractivity contribution in [1.82, 2.24) is 15.3 Å². The van der Waals surface area contributed by atoms with Crippen LogP contribution in [0.3, 0.4) is 0 Å². The highest BCUT2D eigenvalue weighted by Crippen LogP contribution is 2.23. The average Bonchev–Trinajstić information content (AvgIpc) is 2.98. The molecule has 18 heavy (non-hydrogen) atoms. The van der Waals surface area contributed by atoms with Gasteiger partial charge in [0.05, 0.1) is 5.69 Å². The van der Waals surface area contributed by atoms with Crippen molar-refractivity contribution in [3.63, 3.8) is 0 Å². The molecule has 0 unspecified atom stereocenters. The number of aryl methyl sites for hydroxylation is 1. The Kier molecular flexibility index (Phi) is 2.33. The van der Waals surface area contributed by atoms with E-state index in [2.05, 4.69) is 15.3 Å². The lowest BCUT2D eigenvalue weighted by Gasteiger charge is -1.94. The number of nitrogen functional groups attached to an aromatic ring is 1. The van der Waals surface area contributed by atoms with Gasteiger partial charge in [0.1, 0.15) is 0 Å². The molecular weight excluding hydrogens is 232 g/mol. The molecule has 0 bridgehead atoms. The summed E-state index contributed by atoms with van der Waals surface area (Å²) in [5, 5.41) is 7.65. The molecule has 1 aromatic carbocycles. The zero-order valence-corrected chi connectivity index (χ0v) is 9.62. The number of hydrogen-bond donors (Lipinski definition) is 1. The molecule has 2 N–H and O–H groups in total. The van der Waals surface area contributed by atoms with Crippen LogP contribution in [0.5, 0.6) is 0 Å². The summed E-state index contributed by atoms with van der Waals surface area (Å²) in [5.74, 6) is 1.25. The molecule has 0 aliphatic heterocycles. The Balaban J connectivity index is 1.96. The van der Waals surface area contributed by atoms with E-state index in [1.807, 2.05) is 19.1 Å². The van der Waals surface area contributed by atoms with Crippen molar-refractivity contribution < 1.29 is 9.05 Å². The largest absolute Gasteiger partial charge is 0.399 e. The van der Waals surface area contributed by atoms with Gasteiger partial charge >= 0.3 is 0 Å². The van der Waals surface area contributed by atoms with E-state index in [1.165, 1.54) is 0 Å². The van der Waals surface area contributed by atoms with E-state index in [1.54, 1.807) is 18.2 Å². The number of anilines is 1. The van der Waals surface area contributed by atoms with E-state index >= 15 is 0 Å². The number of rotatable bonds is 2. The first kappa shape index (κ1) is 10.5. The van der Waals surface area contributed by atoms with Crippen LogP contribution in [0.2, 0.25) is 0 Å². The summed E-state index contributed by atoms with van der Waals surface area (Å²) < 4.78 is 10.2. The highest BCUT2D eigenvalue weighted by atomic mass is 16.5. The number of benzene rings is 1. The number of hydrogen-bond acceptors (Lipinski definition) is 6. The molecule has 0 saturated heterocycles. The summed E-state index contributed by atoms with van der Waals surface area (Å²) in [6.07, 6.45) is 0. The van der Waals surface area contributed by atoms with E-state index in [4.69, 9.17) is 14.8 Å². The molecule has 2 heterocycles. The Bertz CT molecular complexity index is 669. The maximum absolute atomic E-state index is 5.62. The van der Waals surface area contributed by atoms with Crippen molar-refractivity contribution in [2.75, 3.05) is 5.73 Å². The van der Waals surface area contributed by atoms with Crippen LogP contribution < -0.4 is 5.73 Å². The summed E-state index contributed by atoms with van der Waals surface area (Å²) in [4.78, 5) is 4.24. The van der Waals surface area contributed by atoms with Gasteiger partial charge in [-0.1, -0.05) is 10.3 Å². The molecule has 0 saturated carbocycles. The maximum atomic E-state index is 5.62. The zero-order chi connectivity index (χ0) is 12.5. The van der Waals surface area contributed by atoms with Crippen molar-refractivity contribution >= 4 is 5.69 Å². The normalized spacial score (nSPS) is 10.7. The minimum absolute atomic E-state index is 0.308. The second kappa shape index (κ2) is 3.99. The van der Waals surface area contributed by atoms with Gasteiger partial charge in [0, 0.05) is 17.3 Å². The molecular formula is C12H10N4O2. The second-order valence-electron chi connectivity index (χ2n) is 3.88. The topological polar surface area (TPSA) is 91.0 Å². The van der Waals surface area contributed by atoms with E-state index in [-0.39, 0.29) is 0 Å². The molecule has 0 radical (unpaired) electrons. The molecule has 6 nitrogen and oxygen atoms in total. The van der Waals surface area contributed by atoms with Crippen molar-refractivity contribution in [2.24, 2.45) is 0 Å². The standard InChI is InChI=1S/C12H10N4O2/c1-7-6-10(17-15-7)12-14-11(16-18-12)8-2-4-9(13)5-3-8/h2-6H,13H2,1H3. The molecule has 0 aliphatic rings. The summed E-state index contributed by atoms with van der Waals surface area (Å²) >= 11 is 0. The van der Waals surface area contributed by atoms with Crippen LogP contribution in [0.25, 0.3) is 23.0 Å². The third-order valence-corrected chi connectivity index (χ3v) is 2.43. The molecule has 0 spiro atoms. The van der Waals surface area contributed by atoms with Crippen LogP contribution in [0.1, 0.15) is 5.69 Å². The van der Waals surface area contributed by atoms with Gasteiger partial charge in [-0.3, -0.25) is 0 Å². The summed E-state index contributed by atoms with van der Waals surface area (Å²) in [6.45, 7) is 1.82. The molecule has 3 rings (SSSR count). The molecule has 2 aromatic heterocycles. The average molecular weight is 242 g/mol. The first-order valence-corrected chi connectivity index (χ1v) is 5.36. The van der Waals surface area contributed by atoms with E-state index < -0.39 is 0 Å². The smallest absolute Gasteiger partial charge is 0.296 e. The lowest BCUT2D eigenvalue weighted by atomic mass is 10.2. The summed E-state index contributed by atoms with van der Waals surface area (Å²) in [6, 6.07) is 8.96. The predicted octanol–water partition coefficient (Wildman–Crippen LogP) is 2.28. The molecule has 0 aliphatic carbocycles. The number of nitrogens with zero attached hydrogens (tertiary/aromatic N) is 3. The van der Waals surface area contributed by atoms with Crippen LogP contribution in [-0.4, -0.2) is 15.3 Å². The first-order valence-electron chi connectivity index (χ1n) is 5.36. The number of nitrogens with two attached hydrogens (primary N) is 1. The Hall–Kier alpha value is -2.63. The molecule has 0 fully saturated rings. The molecule has 0 amide bonds. The molecule has 3 aromatic rings. The van der Waals surface area contributed by atoms with Crippen molar-refractivity contribution in [3.8, 4) is 23.0 Å². The van der Waals surface area contributed by atoms with Crippen molar-refractivity contribution in [3.05, 3.63) is 36.0 Å². The van der Waals surface area contributed by atoms with Crippen LogP contribution in [-0.2, 0) is 0 Å². The third-order valence-electron chi connectivity index (χ3n) is 2.43. The molecule has 6 heteroatoms. The minimum atomic E-state index is 0.308. The SMILES string of the molecule is Cc1cc(-c2nc(-c3ccc(N)cc3)no2)on1. The van der Waals surface area contributed by atoms with Gasteiger partial charge in [-0.05, 0) is 31.2 Å². The summed E-state index contributed by atoms with van der Waals surface area (Å²) in [5.41, 5.74) is 7.89. The van der Waals surface area contributed by atoms with Crippen molar-refractivity contribution in [2.45, 2.75) is 6.92 Å². The van der Waals surface area contributed by atoms with E-state index in [9.17, 15) is 0 Å². The van der Waals surface area contributed by atoms with E-state index in [0.29, 0.717) is 23.2 Å². The van der Waals surface area contributed by atoms with E-state index in [0.717, 1.165) is 11.3 Å². The highest BCUT2D eigenvalue weighted by Gasteiger charge is 2.14. The van der Waals surface area contributed by atoms with Gasteiger partial charge in [0.2, 0.25) is 11.6 Å². The van der Waals surface area contributed by atoms with Crippen LogP contribution in [0, 0.1) is 6.92 Å².